The van der Waals surface area contributed by atoms with Crippen LogP contribution in [0.25, 0.3) is 17.2 Å². The van der Waals surface area contributed by atoms with E-state index in [1.54, 1.807) is 37.5 Å². The van der Waals surface area contributed by atoms with Crippen LogP contribution in [0.5, 0.6) is 0 Å². The number of anilines is 1. The second-order valence-electron chi connectivity index (χ2n) is 6.52. The Balaban J connectivity index is 1.80. The number of amides is 1. The molecule has 0 aliphatic heterocycles. The van der Waals surface area contributed by atoms with Crippen LogP contribution in [-0.2, 0) is 6.18 Å². The number of carbonyl (C=O) groups excluding carboxylic acids is 1. The number of carbonyl (C=O) groups is 1. The van der Waals surface area contributed by atoms with Crippen molar-refractivity contribution in [2.24, 2.45) is 0 Å². The van der Waals surface area contributed by atoms with E-state index in [0.29, 0.717) is 28.7 Å². The van der Waals surface area contributed by atoms with E-state index in [0.717, 1.165) is 4.68 Å². The van der Waals surface area contributed by atoms with Gasteiger partial charge in [0.15, 0.2) is 11.5 Å². The third-order valence-electron chi connectivity index (χ3n) is 4.44. The molecule has 0 saturated carbocycles. The molecule has 31 heavy (non-hydrogen) atoms. The van der Waals surface area contributed by atoms with Crippen LogP contribution in [0.3, 0.4) is 0 Å². The van der Waals surface area contributed by atoms with Crippen molar-refractivity contribution in [1.29, 1.82) is 0 Å². The summed E-state index contributed by atoms with van der Waals surface area (Å²) in [5.74, 6) is -0.413. The predicted octanol–water partition coefficient (Wildman–Crippen LogP) is 4.89. The molecule has 4 rings (SSSR count). The molecule has 3 heterocycles. The van der Waals surface area contributed by atoms with E-state index in [1.165, 1.54) is 18.3 Å². The Kier molecular flexibility index (Phi) is 5.24. The number of aromatic amines is 1. The van der Waals surface area contributed by atoms with Gasteiger partial charge in [-0.3, -0.25) is 4.79 Å². The van der Waals surface area contributed by atoms with E-state index in [-0.39, 0.29) is 16.5 Å². The Morgan fingerprint density at radius 3 is 2.65 bits per heavy atom. The molecule has 4 aromatic rings. The van der Waals surface area contributed by atoms with Crippen LogP contribution in [-0.4, -0.2) is 30.6 Å². The summed E-state index contributed by atoms with van der Waals surface area (Å²) in [4.78, 5) is 24.2. The van der Waals surface area contributed by atoms with Crippen molar-refractivity contribution in [2.45, 2.75) is 13.1 Å². The Labute approximate surface area is 178 Å². The Bertz CT molecular complexity index is 1250. The van der Waals surface area contributed by atoms with Gasteiger partial charge in [0.2, 0.25) is 0 Å². The van der Waals surface area contributed by atoms with Gasteiger partial charge in [-0.2, -0.15) is 18.3 Å². The van der Waals surface area contributed by atoms with Gasteiger partial charge in [0.1, 0.15) is 11.5 Å². The van der Waals surface area contributed by atoms with Crippen molar-refractivity contribution in [1.82, 2.24) is 24.7 Å². The summed E-state index contributed by atoms with van der Waals surface area (Å²) < 4.78 is 40.8. The van der Waals surface area contributed by atoms with Crippen molar-refractivity contribution >= 4 is 23.2 Å². The number of alkyl halides is 3. The number of hydrogen-bond donors (Lipinski definition) is 2. The maximum Gasteiger partial charge on any atom is 0.435 e. The van der Waals surface area contributed by atoms with Crippen LogP contribution in [0.1, 0.15) is 21.7 Å². The van der Waals surface area contributed by atoms with Gasteiger partial charge in [0, 0.05) is 30.2 Å². The molecule has 158 valence electrons. The predicted molar refractivity (Wildman–Crippen MR) is 108 cm³/mol. The van der Waals surface area contributed by atoms with Gasteiger partial charge in [-0.25, -0.2) is 14.6 Å². The maximum atomic E-state index is 13.3. The molecule has 0 aliphatic rings. The van der Waals surface area contributed by atoms with Crippen LogP contribution in [0, 0.1) is 6.92 Å². The number of para-hydroxylation sites is 1. The number of hydrogen-bond acceptors (Lipinski definition) is 4. The molecule has 11 heteroatoms. The Morgan fingerprint density at radius 2 is 1.97 bits per heavy atom. The molecule has 0 radical (unpaired) electrons. The van der Waals surface area contributed by atoms with Crippen LogP contribution in [0.15, 0.2) is 55.0 Å². The highest BCUT2D eigenvalue weighted by Gasteiger charge is 2.36. The molecular weight excluding hydrogens is 433 g/mol. The van der Waals surface area contributed by atoms with E-state index in [4.69, 9.17) is 11.6 Å². The summed E-state index contributed by atoms with van der Waals surface area (Å²) in [5.41, 5.74) is 0.0596. The lowest BCUT2D eigenvalue weighted by atomic mass is 10.1. The lowest BCUT2D eigenvalue weighted by molar-refractivity contribution is -0.141. The molecule has 2 N–H and O–H groups in total. The first kappa shape index (κ1) is 20.6. The Morgan fingerprint density at radius 1 is 1.16 bits per heavy atom. The number of imidazole rings is 1. The highest BCUT2D eigenvalue weighted by atomic mass is 35.5. The number of benzene rings is 1. The standard InChI is InChI=1S/C20H14ClF3N6O/c1-11-4-2-5-12(17-25-8-9-26-17)16(11)28-19(31)14-10-15(20(22,23)24)29-30(14)18-13(21)6-3-7-27-18/h2-10H,1H3,(H,25,26)(H,28,31). The summed E-state index contributed by atoms with van der Waals surface area (Å²) in [5, 5.41) is 6.26. The van der Waals surface area contributed by atoms with E-state index >= 15 is 0 Å². The molecule has 0 saturated heterocycles. The fourth-order valence-corrected chi connectivity index (χ4v) is 3.20. The molecule has 0 unspecified atom stereocenters. The zero-order valence-electron chi connectivity index (χ0n) is 15.9. The van der Waals surface area contributed by atoms with Gasteiger partial charge < -0.3 is 10.3 Å². The van der Waals surface area contributed by atoms with Gasteiger partial charge in [-0.1, -0.05) is 23.7 Å². The lowest BCUT2D eigenvalue weighted by Crippen LogP contribution is -2.19. The molecule has 7 nitrogen and oxygen atoms in total. The van der Waals surface area contributed by atoms with Crippen LogP contribution < -0.4 is 5.32 Å². The summed E-state index contributed by atoms with van der Waals surface area (Å²) in [7, 11) is 0. The zero-order chi connectivity index (χ0) is 22.2. The quantitative estimate of drug-likeness (QED) is 0.467. The first-order chi connectivity index (χ1) is 14.8. The van der Waals surface area contributed by atoms with Crippen molar-refractivity contribution in [3.8, 4) is 17.2 Å². The number of halogens is 4. The SMILES string of the molecule is Cc1cccc(-c2ncc[nH]2)c1NC(=O)c1cc(C(F)(F)F)nn1-c1ncccc1Cl. The number of H-pyrrole nitrogens is 1. The second kappa shape index (κ2) is 7.88. The maximum absolute atomic E-state index is 13.3. The summed E-state index contributed by atoms with van der Waals surface area (Å²) >= 11 is 6.09. The molecule has 0 bridgehead atoms. The number of nitrogens with one attached hydrogen (secondary N) is 2. The van der Waals surface area contributed by atoms with Gasteiger partial charge in [-0.05, 0) is 30.7 Å². The molecule has 0 aliphatic carbocycles. The van der Waals surface area contributed by atoms with Crippen molar-refractivity contribution in [3.63, 3.8) is 0 Å². The monoisotopic (exact) mass is 446 g/mol. The largest absolute Gasteiger partial charge is 0.435 e. The molecule has 0 atom stereocenters. The third kappa shape index (κ3) is 4.02. The van der Waals surface area contributed by atoms with Gasteiger partial charge in [0.25, 0.3) is 5.91 Å². The Hall–Kier alpha value is -3.66. The number of rotatable bonds is 4. The molecule has 0 fully saturated rings. The summed E-state index contributed by atoms with van der Waals surface area (Å²) in [6.07, 6.45) is -0.244. The van der Waals surface area contributed by atoms with E-state index in [2.05, 4.69) is 25.4 Å². The fourth-order valence-electron chi connectivity index (χ4n) is 3.00. The van der Waals surface area contributed by atoms with Gasteiger partial charge >= 0.3 is 6.18 Å². The molecular formula is C20H14ClF3N6O. The molecule has 0 spiro atoms. The van der Waals surface area contributed by atoms with E-state index in [9.17, 15) is 18.0 Å². The van der Waals surface area contributed by atoms with Crippen LogP contribution in [0.2, 0.25) is 5.02 Å². The normalized spacial score (nSPS) is 11.5. The van der Waals surface area contributed by atoms with E-state index in [1.807, 2.05) is 0 Å². The summed E-state index contributed by atoms with van der Waals surface area (Å²) in [6.45, 7) is 1.76. The topological polar surface area (TPSA) is 88.5 Å². The van der Waals surface area contributed by atoms with Gasteiger partial charge in [0.05, 0.1) is 10.7 Å². The van der Waals surface area contributed by atoms with Crippen molar-refractivity contribution < 1.29 is 18.0 Å². The third-order valence-corrected chi connectivity index (χ3v) is 4.73. The number of aromatic nitrogens is 5. The number of pyridine rings is 1. The van der Waals surface area contributed by atoms with Crippen LogP contribution >= 0.6 is 11.6 Å². The number of aryl methyl sites for hydroxylation is 1. The highest BCUT2D eigenvalue weighted by molar-refractivity contribution is 6.32. The van der Waals surface area contributed by atoms with Gasteiger partial charge in [-0.15, -0.1) is 0 Å². The first-order valence-electron chi connectivity index (χ1n) is 8.94. The number of nitrogens with zero attached hydrogens (tertiary/aromatic N) is 4. The van der Waals surface area contributed by atoms with Crippen molar-refractivity contribution in [3.05, 3.63) is 77.0 Å². The smallest absolute Gasteiger partial charge is 0.345 e. The molecule has 1 amide bonds. The minimum Gasteiger partial charge on any atom is -0.345 e. The highest BCUT2D eigenvalue weighted by Crippen LogP contribution is 2.32. The van der Waals surface area contributed by atoms with Crippen LogP contribution in [0.4, 0.5) is 18.9 Å². The van der Waals surface area contributed by atoms with Crippen molar-refractivity contribution in [2.75, 3.05) is 5.32 Å². The molecule has 1 aromatic carbocycles. The average Bonchev–Trinajstić information content (AvgIpc) is 3.39. The fraction of sp³-hybridized carbons (Fsp3) is 0.100. The zero-order valence-corrected chi connectivity index (χ0v) is 16.7. The second-order valence-corrected chi connectivity index (χ2v) is 6.93. The average molecular weight is 447 g/mol. The minimum absolute atomic E-state index is 0.0422. The lowest BCUT2D eigenvalue weighted by Gasteiger charge is -2.13. The van der Waals surface area contributed by atoms with E-state index < -0.39 is 17.8 Å². The first-order valence-corrected chi connectivity index (χ1v) is 9.32. The molecule has 3 aromatic heterocycles. The minimum atomic E-state index is -4.76. The summed E-state index contributed by atoms with van der Waals surface area (Å²) in [6, 6.07) is 8.89.